The summed E-state index contributed by atoms with van der Waals surface area (Å²) in [5.74, 6) is -0.167. The second-order valence-electron chi connectivity index (χ2n) is 8.37. The smallest absolute Gasteiger partial charge is 0.274 e. The number of H-pyrrole nitrogens is 1. The Hall–Kier alpha value is -3.06. The number of hydrogen-bond acceptors (Lipinski definition) is 3. The number of aromatic amines is 1. The average molecular weight is 452 g/mol. The number of carbonyl (C=O) groups is 1. The first-order valence-corrected chi connectivity index (χ1v) is 11.6. The number of thiazole rings is 1. The Morgan fingerprint density at radius 1 is 1.16 bits per heavy atom. The molecule has 2 aromatic heterocycles. The first kappa shape index (κ1) is 20.8. The molecule has 0 unspecified atom stereocenters. The van der Waals surface area contributed by atoms with E-state index < -0.39 is 0 Å². The van der Waals surface area contributed by atoms with Gasteiger partial charge >= 0.3 is 0 Å². The van der Waals surface area contributed by atoms with Gasteiger partial charge in [-0.2, -0.15) is 0 Å². The molecule has 1 saturated carbocycles. The standard InChI is InChI=1S/C25H23F2N3OS/c1-15-29-23(24(32-15)17-4-6-19(26)7-5-17)25(31)30(14-16-2-3-16)11-10-18-13-28-22-9-8-20(27)12-21(18)22/h4-9,12-13,16,28H,2-3,10-11,14H2,1H3. The summed E-state index contributed by atoms with van der Waals surface area (Å²) in [5.41, 5.74) is 3.08. The normalized spacial score (nSPS) is 13.6. The molecule has 1 N–H and O–H groups in total. The lowest BCUT2D eigenvalue weighted by Gasteiger charge is -2.22. The van der Waals surface area contributed by atoms with Crippen LogP contribution in [0.3, 0.4) is 0 Å². The molecule has 2 heterocycles. The third-order valence-electron chi connectivity index (χ3n) is 5.89. The molecule has 7 heteroatoms. The summed E-state index contributed by atoms with van der Waals surface area (Å²) in [6, 6.07) is 10.9. The fraction of sp³-hybridized carbons (Fsp3) is 0.280. The monoisotopic (exact) mass is 451 g/mol. The first-order valence-electron chi connectivity index (χ1n) is 10.8. The molecule has 164 valence electrons. The fourth-order valence-corrected chi connectivity index (χ4v) is 4.94. The van der Waals surface area contributed by atoms with Gasteiger partial charge in [-0.1, -0.05) is 12.1 Å². The summed E-state index contributed by atoms with van der Waals surface area (Å²) in [4.78, 5) is 23.9. The second kappa shape index (κ2) is 8.47. The lowest BCUT2D eigenvalue weighted by molar-refractivity contribution is 0.0745. The number of amides is 1. The highest BCUT2D eigenvalue weighted by molar-refractivity contribution is 7.15. The van der Waals surface area contributed by atoms with Crippen molar-refractivity contribution in [1.29, 1.82) is 0 Å². The van der Waals surface area contributed by atoms with E-state index in [0.29, 0.717) is 31.1 Å². The third-order valence-corrected chi connectivity index (χ3v) is 6.91. The van der Waals surface area contributed by atoms with Gasteiger partial charge in [0.2, 0.25) is 0 Å². The van der Waals surface area contributed by atoms with E-state index in [9.17, 15) is 13.6 Å². The summed E-state index contributed by atoms with van der Waals surface area (Å²) in [6.07, 6.45) is 4.77. The van der Waals surface area contributed by atoms with E-state index >= 15 is 0 Å². The molecular formula is C25H23F2N3OS. The Kier molecular flexibility index (Phi) is 5.51. The van der Waals surface area contributed by atoms with E-state index in [1.165, 1.54) is 35.6 Å². The number of rotatable bonds is 7. The van der Waals surface area contributed by atoms with Crippen LogP contribution in [0.25, 0.3) is 21.3 Å². The van der Waals surface area contributed by atoms with Gasteiger partial charge in [0, 0.05) is 30.2 Å². The summed E-state index contributed by atoms with van der Waals surface area (Å²) in [5, 5.41) is 1.64. The van der Waals surface area contributed by atoms with E-state index in [2.05, 4.69) is 9.97 Å². The zero-order valence-corrected chi connectivity index (χ0v) is 18.5. The van der Waals surface area contributed by atoms with Gasteiger partial charge in [-0.3, -0.25) is 4.79 Å². The first-order chi connectivity index (χ1) is 15.5. The predicted molar refractivity (Wildman–Crippen MR) is 123 cm³/mol. The summed E-state index contributed by atoms with van der Waals surface area (Å²) in [6.45, 7) is 3.09. The van der Waals surface area contributed by atoms with Crippen molar-refractivity contribution in [1.82, 2.24) is 14.9 Å². The zero-order valence-electron chi connectivity index (χ0n) is 17.7. The maximum absolute atomic E-state index is 13.7. The molecule has 0 saturated heterocycles. The Morgan fingerprint density at radius 3 is 2.66 bits per heavy atom. The highest BCUT2D eigenvalue weighted by atomic mass is 32.1. The van der Waals surface area contributed by atoms with Crippen LogP contribution in [0.1, 0.15) is 33.9 Å². The van der Waals surface area contributed by atoms with Gasteiger partial charge in [0.15, 0.2) is 0 Å². The third kappa shape index (κ3) is 4.30. The van der Waals surface area contributed by atoms with E-state index in [-0.39, 0.29) is 17.5 Å². The molecule has 0 spiro atoms. The summed E-state index contributed by atoms with van der Waals surface area (Å²) >= 11 is 1.45. The summed E-state index contributed by atoms with van der Waals surface area (Å²) in [7, 11) is 0. The van der Waals surface area contributed by atoms with Crippen LogP contribution in [-0.4, -0.2) is 33.9 Å². The molecule has 0 aliphatic heterocycles. The average Bonchev–Trinajstić information content (AvgIpc) is 3.39. The van der Waals surface area contributed by atoms with Crippen LogP contribution < -0.4 is 0 Å². The highest BCUT2D eigenvalue weighted by Crippen LogP contribution is 2.34. The van der Waals surface area contributed by atoms with Crippen LogP contribution in [0.2, 0.25) is 0 Å². The number of benzene rings is 2. The Labute approximate surface area is 188 Å². The Balaban J connectivity index is 1.41. The Bertz CT molecular complexity index is 1270. The van der Waals surface area contributed by atoms with E-state index in [0.717, 1.165) is 44.8 Å². The van der Waals surface area contributed by atoms with Gasteiger partial charge in [0.1, 0.15) is 17.3 Å². The number of aryl methyl sites for hydroxylation is 1. The molecule has 1 amide bonds. The minimum Gasteiger partial charge on any atom is -0.361 e. The molecule has 4 nitrogen and oxygen atoms in total. The molecule has 1 fully saturated rings. The zero-order chi connectivity index (χ0) is 22.2. The van der Waals surface area contributed by atoms with E-state index in [1.807, 2.05) is 18.0 Å². The number of nitrogens with zero attached hydrogens (tertiary/aromatic N) is 2. The van der Waals surface area contributed by atoms with Gasteiger partial charge in [-0.15, -0.1) is 11.3 Å². The van der Waals surface area contributed by atoms with Crippen LogP contribution in [0.5, 0.6) is 0 Å². The Morgan fingerprint density at radius 2 is 1.91 bits per heavy atom. The fourth-order valence-electron chi connectivity index (χ4n) is 4.02. The minimum absolute atomic E-state index is 0.105. The number of aromatic nitrogens is 2. The quantitative estimate of drug-likeness (QED) is 0.376. The van der Waals surface area contributed by atoms with Gasteiger partial charge in [-0.25, -0.2) is 13.8 Å². The van der Waals surface area contributed by atoms with Gasteiger partial charge in [0.05, 0.1) is 9.88 Å². The van der Waals surface area contributed by atoms with Crippen LogP contribution in [0, 0.1) is 24.5 Å². The minimum atomic E-state index is -0.312. The highest BCUT2D eigenvalue weighted by Gasteiger charge is 2.30. The summed E-state index contributed by atoms with van der Waals surface area (Å²) < 4.78 is 27.1. The van der Waals surface area contributed by atoms with Gasteiger partial charge < -0.3 is 9.88 Å². The molecule has 5 rings (SSSR count). The van der Waals surface area contributed by atoms with Crippen LogP contribution in [-0.2, 0) is 6.42 Å². The molecule has 1 aliphatic carbocycles. The largest absolute Gasteiger partial charge is 0.361 e. The topological polar surface area (TPSA) is 49.0 Å². The van der Waals surface area contributed by atoms with Crippen molar-refractivity contribution in [3.8, 4) is 10.4 Å². The number of halogens is 2. The molecule has 2 aromatic carbocycles. The van der Waals surface area contributed by atoms with Crippen molar-refractivity contribution in [2.24, 2.45) is 5.92 Å². The van der Waals surface area contributed by atoms with Crippen LogP contribution >= 0.6 is 11.3 Å². The molecule has 4 aromatic rings. The van der Waals surface area contributed by atoms with Crippen LogP contribution in [0.15, 0.2) is 48.7 Å². The van der Waals surface area contributed by atoms with Crippen LogP contribution in [0.4, 0.5) is 8.78 Å². The van der Waals surface area contributed by atoms with Crippen molar-refractivity contribution >= 4 is 28.1 Å². The lowest BCUT2D eigenvalue weighted by atomic mass is 10.1. The number of carbonyl (C=O) groups excluding carboxylic acids is 1. The molecule has 32 heavy (non-hydrogen) atoms. The number of nitrogens with one attached hydrogen (secondary N) is 1. The predicted octanol–water partition coefficient (Wildman–Crippen LogP) is 5.97. The van der Waals surface area contributed by atoms with E-state index in [4.69, 9.17) is 0 Å². The molecule has 0 atom stereocenters. The van der Waals surface area contributed by atoms with Crippen molar-refractivity contribution < 1.29 is 13.6 Å². The molecule has 1 aliphatic rings. The van der Waals surface area contributed by atoms with Crippen molar-refractivity contribution in [3.05, 3.63) is 76.6 Å². The van der Waals surface area contributed by atoms with E-state index in [1.54, 1.807) is 18.2 Å². The van der Waals surface area contributed by atoms with Crippen molar-refractivity contribution in [3.63, 3.8) is 0 Å². The molecule has 0 bridgehead atoms. The SMILES string of the molecule is Cc1nc(C(=O)N(CCc2c[nH]c3ccc(F)cc23)CC2CC2)c(-c2ccc(F)cc2)s1. The molecular weight excluding hydrogens is 428 g/mol. The van der Waals surface area contributed by atoms with Gasteiger partial charge in [0.25, 0.3) is 5.91 Å². The number of hydrogen-bond donors (Lipinski definition) is 1. The van der Waals surface area contributed by atoms with Crippen molar-refractivity contribution in [2.75, 3.05) is 13.1 Å². The second-order valence-corrected chi connectivity index (χ2v) is 9.57. The maximum Gasteiger partial charge on any atom is 0.274 e. The maximum atomic E-state index is 13.7. The van der Waals surface area contributed by atoms with Crippen molar-refractivity contribution in [2.45, 2.75) is 26.2 Å². The molecule has 0 radical (unpaired) electrons. The number of fused-ring (bicyclic) bond motifs is 1. The van der Waals surface area contributed by atoms with Gasteiger partial charge in [-0.05, 0) is 73.6 Å². The lowest BCUT2D eigenvalue weighted by Crippen LogP contribution is -2.35.